The maximum absolute atomic E-state index is 11.4. The molecule has 1 aliphatic heterocycles. The van der Waals surface area contributed by atoms with Crippen LogP contribution in [0.5, 0.6) is 5.75 Å². The molecule has 1 aliphatic rings. The molecule has 3 N–H and O–H groups in total. The minimum absolute atomic E-state index is 0.0972. The predicted octanol–water partition coefficient (Wildman–Crippen LogP) is 0.470. The summed E-state index contributed by atoms with van der Waals surface area (Å²) in [5, 5.41) is 2.85. The fourth-order valence-corrected chi connectivity index (χ4v) is 1.92. The lowest BCUT2D eigenvalue weighted by molar-refractivity contribution is -0.121. The summed E-state index contributed by atoms with van der Waals surface area (Å²) in [5.41, 5.74) is 6.32. The van der Waals surface area contributed by atoms with E-state index in [1.165, 1.54) is 0 Å². The van der Waals surface area contributed by atoms with Crippen LogP contribution in [-0.2, 0) is 4.79 Å². The molecule has 18 heavy (non-hydrogen) atoms. The van der Waals surface area contributed by atoms with Crippen molar-refractivity contribution in [2.45, 2.75) is 6.42 Å². The summed E-state index contributed by atoms with van der Waals surface area (Å²) in [4.78, 5) is 13.5. The minimum atomic E-state index is 0.0972. The fraction of sp³-hybridized carbons (Fsp3) is 0.462. The van der Waals surface area contributed by atoms with Gasteiger partial charge in [-0.25, -0.2) is 0 Å². The number of anilines is 1. The topological polar surface area (TPSA) is 67.6 Å². The maximum atomic E-state index is 11.4. The smallest absolute Gasteiger partial charge is 0.234 e. The second-order valence-electron chi connectivity index (χ2n) is 4.40. The highest BCUT2D eigenvalue weighted by molar-refractivity contribution is 5.78. The SMILES string of the molecule is Nc1ccc(OCCN2CCCNC(=O)C2)cc1. The van der Waals surface area contributed by atoms with Crippen molar-refractivity contribution >= 4 is 11.6 Å². The van der Waals surface area contributed by atoms with E-state index < -0.39 is 0 Å². The third-order valence-electron chi connectivity index (χ3n) is 2.90. The Morgan fingerprint density at radius 1 is 1.33 bits per heavy atom. The number of carbonyl (C=O) groups excluding carboxylic acids is 1. The van der Waals surface area contributed by atoms with Gasteiger partial charge in [-0.1, -0.05) is 0 Å². The van der Waals surface area contributed by atoms with E-state index in [9.17, 15) is 4.79 Å². The molecular weight excluding hydrogens is 230 g/mol. The Hall–Kier alpha value is -1.75. The van der Waals surface area contributed by atoms with Crippen LogP contribution in [0.3, 0.4) is 0 Å². The summed E-state index contributed by atoms with van der Waals surface area (Å²) in [7, 11) is 0. The average Bonchev–Trinajstić information content (AvgIpc) is 2.56. The van der Waals surface area contributed by atoms with Crippen LogP contribution in [0.15, 0.2) is 24.3 Å². The second kappa shape index (κ2) is 6.26. The van der Waals surface area contributed by atoms with Gasteiger partial charge in [0.2, 0.25) is 5.91 Å². The molecule has 1 fully saturated rings. The summed E-state index contributed by atoms with van der Waals surface area (Å²) < 4.78 is 5.61. The van der Waals surface area contributed by atoms with E-state index in [-0.39, 0.29) is 5.91 Å². The van der Waals surface area contributed by atoms with Gasteiger partial charge in [0, 0.05) is 25.3 Å². The standard InChI is InChI=1S/C13H19N3O2/c14-11-2-4-12(5-3-11)18-9-8-16-7-1-6-15-13(17)10-16/h2-5H,1,6-10,14H2,(H,15,17). The van der Waals surface area contributed by atoms with Crippen LogP contribution >= 0.6 is 0 Å². The molecule has 0 atom stereocenters. The van der Waals surface area contributed by atoms with Crippen LogP contribution in [0.1, 0.15) is 6.42 Å². The van der Waals surface area contributed by atoms with Crippen molar-refractivity contribution in [3.63, 3.8) is 0 Å². The molecule has 98 valence electrons. The molecule has 0 radical (unpaired) electrons. The first-order chi connectivity index (χ1) is 8.74. The van der Waals surface area contributed by atoms with Crippen molar-refractivity contribution in [3.05, 3.63) is 24.3 Å². The lowest BCUT2D eigenvalue weighted by Gasteiger charge is -2.18. The van der Waals surface area contributed by atoms with Gasteiger partial charge in [-0.3, -0.25) is 9.69 Å². The van der Waals surface area contributed by atoms with E-state index in [1.807, 2.05) is 24.3 Å². The molecule has 1 amide bonds. The quantitative estimate of drug-likeness (QED) is 0.761. The van der Waals surface area contributed by atoms with E-state index in [0.717, 1.165) is 37.5 Å². The van der Waals surface area contributed by atoms with E-state index in [0.29, 0.717) is 13.2 Å². The zero-order valence-corrected chi connectivity index (χ0v) is 10.4. The summed E-state index contributed by atoms with van der Waals surface area (Å²) >= 11 is 0. The number of carbonyl (C=O) groups is 1. The Labute approximate surface area is 107 Å². The van der Waals surface area contributed by atoms with Crippen LogP contribution in [0.2, 0.25) is 0 Å². The molecule has 0 spiro atoms. The highest BCUT2D eigenvalue weighted by atomic mass is 16.5. The number of rotatable bonds is 4. The highest BCUT2D eigenvalue weighted by Gasteiger charge is 2.13. The number of benzene rings is 1. The van der Waals surface area contributed by atoms with Gasteiger partial charge in [-0.15, -0.1) is 0 Å². The Morgan fingerprint density at radius 2 is 2.11 bits per heavy atom. The average molecular weight is 249 g/mol. The largest absolute Gasteiger partial charge is 0.492 e. The molecule has 0 aromatic heterocycles. The van der Waals surface area contributed by atoms with Gasteiger partial charge < -0.3 is 15.8 Å². The first-order valence-electron chi connectivity index (χ1n) is 6.21. The van der Waals surface area contributed by atoms with Crippen molar-refractivity contribution in [2.75, 3.05) is 38.5 Å². The number of ether oxygens (including phenoxy) is 1. The minimum Gasteiger partial charge on any atom is -0.492 e. The van der Waals surface area contributed by atoms with Crippen LogP contribution in [-0.4, -0.2) is 43.6 Å². The van der Waals surface area contributed by atoms with Crippen molar-refractivity contribution in [1.29, 1.82) is 0 Å². The Kier molecular flexibility index (Phi) is 4.41. The molecule has 2 rings (SSSR count). The van der Waals surface area contributed by atoms with Gasteiger partial charge in [0.15, 0.2) is 0 Å². The van der Waals surface area contributed by atoms with E-state index in [4.69, 9.17) is 10.5 Å². The molecule has 0 bridgehead atoms. The van der Waals surface area contributed by atoms with E-state index in [1.54, 1.807) is 0 Å². The van der Waals surface area contributed by atoms with Crippen LogP contribution < -0.4 is 15.8 Å². The zero-order valence-electron chi connectivity index (χ0n) is 10.4. The monoisotopic (exact) mass is 249 g/mol. The molecule has 1 aromatic rings. The third-order valence-corrected chi connectivity index (χ3v) is 2.90. The van der Waals surface area contributed by atoms with Crippen LogP contribution in [0, 0.1) is 0 Å². The van der Waals surface area contributed by atoms with Gasteiger partial charge in [0.1, 0.15) is 12.4 Å². The summed E-state index contributed by atoms with van der Waals surface area (Å²) in [6, 6.07) is 7.33. The van der Waals surface area contributed by atoms with Gasteiger partial charge >= 0.3 is 0 Å². The number of nitrogen functional groups attached to an aromatic ring is 1. The predicted molar refractivity (Wildman–Crippen MR) is 70.4 cm³/mol. The molecule has 1 heterocycles. The van der Waals surface area contributed by atoms with Crippen LogP contribution in [0.25, 0.3) is 0 Å². The summed E-state index contributed by atoms with van der Waals surface area (Å²) in [5.74, 6) is 0.906. The normalized spacial score (nSPS) is 17.0. The molecule has 1 aromatic carbocycles. The number of nitrogens with two attached hydrogens (primary N) is 1. The Bertz CT molecular complexity index is 392. The highest BCUT2D eigenvalue weighted by Crippen LogP contribution is 2.12. The molecule has 1 saturated heterocycles. The lowest BCUT2D eigenvalue weighted by atomic mass is 10.3. The van der Waals surface area contributed by atoms with Gasteiger partial charge in [-0.2, -0.15) is 0 Å². The second-order valence-corrected chi connectivity index (χ2v) is 4.40. The number of amides is 1. The van der Waals surface area contributed by atoms with Gasteiger partial charge in [0.05, 0.1) is 6.54 Å². The molecule has 5 nitrogen and oxygen atoms in total. The third kappa shape index (κ3) is 3.92. The molecule has 0 aliphatic carbocycles. The Morgan fingerprint density at radius 3 is 2.89 bits per heavy atom. The van der Waals surface area contributed by atoms with Gasteiger partial charge in [0.25, 0.3) is 0 Å². The van der Waals surface area contributed by atoms with Crippen LogP contribution in [0.4, 0.5) is 5.69 Å². The van der Waals surface area contributed by atoms with Crippen molar-refractivity contribution in [3.8, 4) is 5.75 Å². The van der Waals surface area contributed by atoms with Gasteiger partial charge in [-0.05, 0) is 30.7 Å². The summed E-state index contributed by atoms with van der Waals surface area (Å²) in [6.45, 7) is 3.51. The Balaban J connectivity index is 1.74. The lowest BCUT2D eigenvalue weighted by Crippen LogP contribution is -2.35. The number of nitrogens with zero attached hydrogens (tertiary/aromatic N) is 1. The summed E-state index contributed by atoms with van der Waals surface area (Å²) in [6.07, 6.45) is 0.994. The number of nitrogens with one attached hydrogen (secondary N) is 1. The number of hydrogen-bond acceptors (Lipinski definition) is 4. The number of hydrogen-bond donors (Lipinski definition) is 2. The first kappa shape index (κ1) is 12.7. The molecule has 0 unspecified atom stereocenters. The fourth-order valence-electron chi connectivity index (χ4n) is 1.92. The zero-order chi connectivity index (χ0) is 12.8. The van der Waals surface area contributed by atoms with E-state index >= 15 is 0 Å². The first-order valence-corrected chi connectivity index (χ1v) is 6.21. The van der Waals surface area contributed by atoms with E-state index in [2.05, 4.69) is 10.2 Å². The van der Waals surface area contributed by atoms with Crippen molar-refractivity contribution < 1.29 is 9.53 Å². The molecule has 0 saturated carbocycles. The maximum Gasteiger partial charge on any atom is 0.234 e. The van der Waals surface area contributed by atoms with Crippen molar-refractivity contribution in [1.82, 2.24) is 10.2 Å². The molecular formula is C13H19N3O2. The molecule has 5 heteroatoms. The van der Waals surface area contributed by atoms with Crippen molar-refractivity contribution in [2.24, 2.45) is 0 Å².